The number of hydrogen-bond acceptors (Lipinski definition) is 3. The van der Waals surface area contributed by atoms with Gasteiger partial charge in [0.15, 0.2) is 0 Å². The van der Waals surface area contributed by atoms with E-state index in [2.05, 4.69) is 5.32 Å². The van der Waals surface area contributed by atoms with Crippen LogP contribution in [0.2, 0.25) is 5.02 Å². The minimum Gasteiger partial charge on any atom is -0.390 e. The van der Waals surface area contributed by atoms with Gasteiger partial charge < -0.3 is 10.4 Å². The van der Waals surface area contributed by atoms with Gasteiger partial charge in [0.1, 0.15) is 12.6 Å². The molecule has 0 aliphatic carbocycles. The van der Waals surface area contributed by atoms with Crippen molar-refractivity contribution >= 4 is 11.6 Å². The van der Waals surface area contributed by atoms with Gasteiger partial charge in [-0.1, -0.05) is 11.6 Å². The van der Waals surface area contributed by atoms with Gasteiger partial charge in [0, 0.05) is 31.2 Å². The Hall–Kier alpha value is -0.960. The minimum absolute atomic E-state index is 0.230. The van der Waals surface area contributed by atoms with E-state index in [-0.39, 0.29) is 23.7 Å². The fourth-order valence-electron chi connectivity index (χ4n) is 2.68. The Kier molecular flexibility index (Phi) is 5.50. The third kappa shape index (κ3) is 4.32. The second kappa shape index (κ2) is 6.88. The highest BCUT2D eigenvalue weighted by Gasteiger charge is 2.45. The average Bonchev–Trinajstić information content (AvgIpc) is 2.47. The van der Waals surface area contributed by atoms with Crippen LogP contribution in [0.15, 0.2) is 18.2 Å². The zero-order chi connectivity index (χ0) is 17.3. The molecule has 1 saturated heterocycles. The zero-order valence-corrected chi connectivity index (χ0v) is 12.8. The van der Waals surface area contributed by atoms with Crippen LogP contribution in [0.3, 0.4) is 0 Å². The molecule has 2 rings (SSSR count). The predicted octanol–water partition coefficient (Wildman–Crippen LogP) is 2.93. The Morgan fingerprint density at radius 3 is 2.26 bits per heavy atom. The fourth-order valence-corrected chi connectivity index (χ4v) is 2.93. The van der Waals surface area contributed by atoms with Crippen molar-refractivity contribution in [2.24, 2.45) is 0 Å². The number of benzene rings is 1. The number of rotatable bonds is 4. The van der Waals surface area contributed by atoms with Crippen molar-refractivity contribution in [2.45, 2.75) is 18.1 Å². The van der Waals surface area contributed by atoms with Crippen molar-refractivity contribution in [3.63, 3.8) is 0 Å². The first kappa shape index (κ1) is 18.4. The molecule has 1 fully saturated rings. The summed E-state index contributed by atoms with van der Waals surface area (Å²) in [5.41, 5.74) is -1.35. The molecule has 1 aliphatic rings. The number of hydrogen-bond donors (Lipinski definition) is 2. The number of nitrogens with one attached hydrogen (secondary N) is 1. The molecule has 0 saturated carbocycles. The maximum atomic E-state index is 14.2. The molecule has 0 aromatic heterocycles. The van der Waals surface area contributed by atoms with E-state index in [1.807, 2.05) is 0 Å². The van der Waals surface area contributed by atoms with Crippen molar-refractivity contribution in [1.82, 2.24) is 10.2 Å². The highest BCUT2D eigenvalue weighted by Crippen LogP contribution is 2.40. The van der Waals surface area contributed by atoms with Crippen LogP contribution in [0.25, 0.3) is 0 Å². The first-order valence-corrected chi connectivity index (χ1v) is 7.34. The summed E-state index contributed by atoms with van der Waals surface area (Å²) < 4.78 is 67.2. The number of aliphatic hydroxyl groups is 1. The van der Waals surface area contributed by atoms with Crippen molar-refractivity contribution < 1.29 is 27.1 Å². The summed E-state index contributed by atoms with van der Waals surface area (Å²) in [7, 11) is 0. The average molecular weight is 359 g/mol. The molecule has 23 heavy (non-hydrogen) atoms. The Labute approximate surface area is 135 Å². The van der Waals surface area contributed by atoms with E-state index in [0.29, 0.717) is 25.2 Å². The van der Waals surface area contributed by atoms with Crippen LogP contribution in [0.5, 0.6) is 0 Å². The maximum Gasteiger partial charge on any atom is 0.416 e. The van der Waals surface area contributed by atoms with Gasteiger partial charge >= 0.3 is 6.18 Å². The van der Waals surface area contributed by atoms with Crippen LogP contribution < -0.4 is 5.32 Å². The summed E-state index contributed by atoms with van der Waals surface area (Å²) in [6.45, 7) is -0.132. The molecular formula is C14H16ClF5N2O. The lowest BCUT2D eigenvalue weighted by molar-refractivity contribution is -0.138. The van der Waals surface area contributed by atoms with Crippen LogP contribution in [-0.2, 0) is 6.18 Å². The zero-order valence-electron chi connectivity index (χ0n) is 12.0. The predicted molar refractivity (Wildman–Crippen MR) is 75.7 cm³/mol. The summed E-state index contributed by atoms with van der Waals surface area (Å²) in [5.74, 6) is -3.59. The van der Waals surface area contributed by atoms with Crippen LogP contribution in [0.1, 0.15) is 17.2 Å². The molecule has 0 amide bonds. The van der Waals surface area contributed by atoms with Gasteiger partial charge in [-0.2, -0.15) is 13.2 Å². The molecule has 2 N–H and O–H groups in total. The largest absolute Gasteiger partial charge is 0.416 e. The van der Waals surface area contributed by atoms with Gasteiger partial charge in [-0.05, 0) is 23.8 Å². The van der Waals surface area contributed by atoms with Crippen LogP contribution >= 0.6 is 11.6 Å². The Bertz CT molecular complexity index is 546. The first-order valence-electron chi connectivity index (χ1n) is 6.96. The number of halogens is 6. The highest BCUT2D eigenvalue weighted by atomic mass is 35.5. The summed E-state index contributed by atoms with van der Waals surface area (Å²) in [6, 6.07) is 0.779. The summed E-state index contributed by atoms with van der Waals surface area (Å²) >= 11 is 5.69. The maximum absolute atomic E-state index is 14.2. The first-order chi connectivity index (χ1) is 10.6. The number of piperazine rings is 1. The monoisotopic (exact) mass is 358 g/mol. The van der Waals surface area contributed by atoms with Crippen LogP contribution in [-0.4, -0.2) is 48.7 Å². The van der Waals surface area contributed by atoms with Crippen LogP contribution in [0, 0.1) is 0 Å². The lowest BCUT2D eigenvalue weighted by atomic mass is 9.96. The Morgan fingerprint density at radius 1 is 1.13 bits per heavy atom. The Balaban J connectivity index is 2.48. The van der Waals surface area contributed by atoms with E-state index in [9.17, 15) is 22.0 Å². The highest BCUT2D eigenvalue weighted by molar-refractivity contribution is 6.30. The lowest BCUT2D eigenvalue weighted by Gasteiger charge is -2.39. The SMILES string of the molecule is OCC(F)(F)[C@@H](c1cc(Cl)cc(C(F)(F)F)c1)N1CCNCC1. The van der Waals surface area contributed by atoms with E-state index < -0.39 is 30.3 Å². The molecule has 1 aromatic rings. The Morgan fingerprint density at radius 2 is 1.74 bits per heavy atom. The number of nitrogens with zero attached hydrogens (tertiary/aromatic N) is 1. The van der Waals surface area contributed by atoms with Gasteiger partial charge in [-0.3, -0.25) is 4.90 Å². The molecule has 0 spiro atoms. The summed E-state index contributed by atoms with van der Waals surface area (Å²) in [6.07, 6.45) is -4.69. The van der Waals surface area contributed by atoms with E-state index >= 15 is 0 Å². The molecule has 3 nitrogen and oxygen atoms in total. The molecule has 0 radical (unpaired) electrons. The summed E-state index contributed by atoms with van der Waals surface area (Å²) in [4.78, 5) is 1.36. The van der Waals surface area contributed by atoms with Gasteiger partial charge in [-0.15, -0.1) is 0 Å². The third-order valence-electron chi connectivity index (χ3n) is 3.69. The normalized spacial score (nSPS) is 18.9. The molecule has 1 heterocycles. The molecule has 130 valence electrons. The van der Waals surface area contributed by atoms with E-state index in [0.717, 1.165) is 6.07 Å². The number of alkyl halides is 5. The molecule has 1 aliphatic heterocycles. The molecule has 9 heteroatoms. The van der Waals surface area contributed by atoms with Gasteiger partial charge in [0.25, 0.3) is 5.92 Å². The van der Waals surface area contributed by atoms with Crippen molar-refractivity contribution in [3.8, 4) is 0 Å². The smallest absolute Gasteiger partial charge is 0.390 e. The van der Waals surface area contributed by atoms with Crippen molar-refractivity contribution in [2.75, 3.05) is 32.8 Å². The molecular weight excluding hydrogens is 343 g/mol. The van der Waals surface area contributed by atoms with Crippen molar-refractivity contribution in [3.05, 3.63) is 34.3 Å². The second-order valence-corrected chi connectivity index (χ2v) is 5.82. The van der Waals surface area contributed by atoms with Crippen molar-refractivity contribution in [1.29, 1.82) is 0 Å². The van der Waals surface area contributed by atoms with Gasteiger partial charge in [0.05, 0.1) is 5.56 Å². The quantitative estimate of drug-likeness (QED) is 0.812. The molecule has 1 aromatic carbocycles. The van der Waals surface area contributed by atoms with E-state index in [1.165, 1.54) is 4.90 Å². The minimum atomic E-state index is -4.69. The third-order valence-corrected chi connectivity index (χ3v) is 3.91. The standard InChI is InChI=1S/C14H16ClF5N2O/c15-11-6-9(5-10(7-11)14(18,19)20)12(13(16,17)8-23)22-3-1-21-2-4-22/h5-7,12,21,23H,1-4,8H2/t12-/m1/s1. The molecule has 1 atom stereocenters. The number of aliphatic hydroxyl groups excluding tert-OH is 1. The summed E-state index contributed by atoms with van der Waals surface area (Å²) in [5, 5.41) is 11.7. The lowest BCUT2D eigenvalue weighted by Crippen LogP contribution is -2.51. The fraction of sp³-hybridized carbons (Fsp3) is 0.571. The van der Waals surface area contributed by atoms with Crippen LogP contribution in [0.4, 0.5) is 22.0 Å². The van der Waals surface area contributed by atoms with E-state index in [4.69, 9.17) is 16.7 Å². The van der Waals surface area contributed by atoms with Gasteiger partial charge in [0.2, 0.25) is 0 Å². The molecule has 0 unspecified atom stereocenters. The topological polar surface area (TPSA) is 35.5 Å². The van der Waals surface area contributed by atoms with E-state index in [1.54, 1.807) is 0 Å². The second-order valence-electron chi connectivity index (χ2n) is 5.38. The van der Waals surface area contributed by atoms with Gasteiger partial charge in [-0.25, -0.2) is 8.78 Å². The molecule has 0 bridgehead atoms.